The normalized spacial score (nSPS) is 10.9. The maximum Gasteiger partial charge on any atom is 0.240 e. The van der Waals surface area contributed by atoms with Crippen molar-refractivity contribution in [3.8, 4) is 11.5 Å². The van der Waals surface area contributed by atoms with Gasteiger partial charge in [0.05, 0.1) is 12.1 Å². The molecule has 0 fully saturated rings. The molecular formula is C16H16N4O. The first-order chi connectivity index (χ1) is 10.3. The molecule has 0 amide bonds. The number of rotatable bonds is 5. The SMILES string of the molecule is C=CCNCc1nc(-c2cc(C)c3ccccc3n2)no1. The molecule has 0 radical (unpaired) electrons. The molecule has 3 aromatic rings. The average molecular weight is 280 g/mol. The molecule has 1 aromatic carbocycles. The molecule has 0 aliphatic carbocycles. The number of fused-ring (bicyclic) bond motifs is 1. The van der Waals surface area contributed by atoms with Crippen LogP contribution in [-0.2, 0) is 6.54 Å². The standard InChI is InChI=1S/C16H16N4O/c1-3-8-17-10-15-19-16(20-21-15)14-9-11(2)12-6-4-5-7-13(12)18-14/h3-7,9,17H,1,8,10H2,2H3. The van der Waals surface area contributed by atoms with Crippen LogP contribution >= 0.6 is 0 Å². The van der Waals surface area contributed by atoms with Crippen LogP contribution in [-0.4, -0.2) is 21.7 Å². The summed E-state index contributed by atoms with van der Waals surface area (Å²) < 4.78 is 5.22. The fraction of sp³-hybridized carbons (Fsp3) is 0.188. The van der Waals surface area contributed by atoms with Gasteiger partial charge in [0.2, 0.25) is 11.7 Å². The van der Waals surface area contributed by atoms with Gasteiger partial charge in [-0.1, -0.05) is 29.4 Å². The molecule has 5 heteroatoms. The Bertz CT molecular complexity index is 779. The van der Waals surface area contributed by atoms with Crippen LogP contribution in [0, 0.1) is 6.92 Å². The first kappa shape index (κ1) is 13.5. The lowest BCUT2D eigenvalue weighted by Gasteiger charge is -2.03. The molecule has 0 spiro atoms. The van der Waals surface area contributed by atoms with E-state index in [1.165, 1.54) is 0 Å². The summed E-state index contributed by atoms with van der Waals surface area (Å²) in [5, 5.41) is 8.26. The van der Waals surface area contributed by atoms with Gasteiger partial charge in [-0.05, 0) is 24.6 Å². The van der Waals surface area contributed by atoms with Crippen LogP contribution in [0.3, 0.4) is 0 Å². The van der Waals surface area contributed by atoms with Crippen molar-refractivity contribution < 1.29 is 4.52 Å². The molecule has 0 bridgehead atoms. The summed E-state index contributed by atoms with van der Waals surface area (Å²) in [5.74, 6) is 1.05. The molecule has 0 saturated carbocycles. The predicted octanol–water partition coefficient (Wildman–Crippen LogP) is 2.87. The number of pyridine rings is 1. The van der Waals surface area contributed by atoms with E-state index in [0.717, 1.165) is 22.2 Å². The Labute approximate surface area is 122 Å². The van der Waals surface area contributed by atoms with Crippen LogP contribution in [0.4, 0.5) is 0 Å². The number of benzene rings is 1. The molecule has 5 nitrogen and oxygen atoms in total. The number of hydrogen-bond donors (Lipinski definition) is 1. The molecule has 0 saturated heterocycles. The maximum absolute atomic E-state index is 5.22. The van der Waals surface area contributed by atoms with Gasteiger partial charge in [-0.15, -0.1) is 6.58 Å². The molecule has 106 valence electrons. The van der Waals surface area contributed by atoms with Gasteiger partial charge in [0, 0.05) is 11.9 Å². The van der Waals surface area contributed by atoms with Crippen molar-refractivity contribution in [1.82, 2.24) is 20.4 Å². The number of hydrogen-bond acceptors (Lipinski definition) is 5. The second kappa shape index (κ2) is 5.85. The zero-order valence-corrected chi connectivity index (χ0v) is 11.8. The number of aromatic nitrogens is 3. The predicted molar refractivity (Wildman–Crippen MR) is 81.7 cm³/mol. The van der Waals surface area contributed by atoms with Gasteiger partial charge in [-0.3, -0.25) is 0 Å². The van der Waals surface area contributed by atoms with E-state index in [9.17, 15) is 0 Å². The molecule has 0 aliphatic heterocycles. The molecule has 0 atom stereocenters. The van der Waals surface area contributed by atoms with E-state index in [-0.39, 0.29) is 0 Å². The minimum absolute atomic E-state index is 0.513. The van der Waals surface area contributed by atoms with Crippen LogP contribution in [0.1, 0.15) is 11.5 Å². The molecule has 0 aliphatic rings. The number of nitrogens with one attached hydrogen (secondary N) is 1. The fourth-order valence-electron chi connectivity index (χ4n) is 2.18. The smallest absolute Gasteiger partial charge is 0.240 e. The van der Waals surface area contributed by atoms with Gasteiger partial charge in [0.1, 0.15) is 5.69 Å². The summed E-state index contributed by atoms with van der Waals surface area (Å²) >= 11 is 0. The monoisotopic (exact) mass is 280 g/mol. The Morgan fingerprint density at radius 1 is 1.29 bits per heavy atom. The Balaban J connectivity index is 1.91. The maximum atomic E-state index is 5.22. The van der Waals surface area contributed by atoms with Crippen LogP contribution < -0.4 is 5.32 Å². The minimum Gasteiger partial charge on any atom is -0.337 e. The summed E-state index contributed by atoms with van der Waals surface area (Å²) in [7, 11) is 0. The summed E-state index contributed by atoms with van der Waals surface area (Å²) in [5.41, 5.74) is 2.81. The van der Waals surface area contributed by atoms with E-state index < -0.39 is 0 Å². The lowest BCUT2D eigenvalue weighted by atomic mass is 10.1. The Hall–Kier alpha value is -2.53. The fourth-order valence-corrected chi connectivity index (χ4v) is 2.18. The van der Waals surface area contributed by atoms with Gasteiger partial charge < -0.3 is 9.84 Å². The van der Waals surface area contributed by atoms with E-state index >= 15 is 0 Å². The highest BCUT2D eigenvalue weighted by Crippen LogP contribution is 2.22. The van der Waals surface area contributed by atoms with Gasteiger partial charge in [-0.25, -0.2) is 4.98 Å². The van der Waals surface area contributed by atoms with Crippen LogP contribution in [0.15, 0.2) is 47.5 Å². The first-order valence-electron chi connectivity index (χ1n) is 6.79. The van der Waals surface area contributed by atoms with Crippen molar-refractivity contribution >= 4 is 10.9 Å². The first-order valence-corrected chi connectivity index (χ1v) is 6.79. The number of para-hydroxylation sites is 1. The van der Waals surface area contributed by atoms with E-state index in [4.69, 9.17) is 4.52 Å². The molecule has 2 aromatic heterocycles. The number of aryl methyl sites for hydroxylation is 1. The number of nitrogens with zero attached hydrogens (tertiary/aromatic N) is 3. The molecule has 21 heavy (non-hydrogen) atoms. The van der Waals surface area contributed by atoms with Crippen molar-refractivity contribution in [2.75, 3.05) is 6.54 Å². The zero-order chi connectivity index (χ0) is 14.7. The van der Waals surface area contributed by atoms with Crippen LogP contribution in [0.25, 0.3) is 22.4 Å². The van der Waals surface area contributed by atoms with Crippen LogP contribution in [0.2, 0.25) is 0 Å². The second-order valence-electron chi connectivity index (χ2n) is 4.77. The molecule has 2 heterocycles. The van der Waals surface area contributed by atoms with Gasteiger partial charge >= 0.3 is 0 Å². The highest BCUT2D eigenvalue weighted by atomic mass is 16.5. The van der Waals surface area contributed by atoms with E-state index in [0.29, 0.717) is 24.8 Å². The molecule has 3 rings (SSSR count). The molecule has 1 N–H and O–H groups in total. The van der Waals surface area contributed by atoms with Gasteiger partial charge in [0.15, 0.2) is 0 Å². The van der Waals surface area contributed by atoms with Crippen molar-refractivity contribution in [2.45, 2.75) is 13.5 Å². The van der Waals surface area contributed by atoms with Crippen LogP contribution in [0.5, 0.6) is 0 Å². The van der Waals surface area contributed by atoms with Crippen molar-refractivity contribution in [1.29, 1.82) is 0 Å². The third-order valence-electron chi connectivity index (χ3n) is 3.19. The topological polar surface area (TPSA) is 63.8 Å². The second-order valence-corrected chi connectivity index (χ2v) is 4.77. The summed E-state index contributed by atoms with van der Waals surface area (Å²) in [6, 6.07) is 10.0. The Morgan fingerprint density at radius 3 is 3.00 bits per heavy atom. The zero-order valence-electron chi connectivity index (χ0n) is 11.8. The third-order valence-corrected chi connectivity index (χ3v) is 3.19. The van der Waals surface area contributed by atoms with Crippen molar-refractivity contribution in [2.24, 2.45) is 0 Å². The average Bonchev–Trinajstić information content (AvgIpc) is 2.96. The third kappa shape index (κ3) is 2.83. The Morgan fingerprint density at radius 2 is 2.14 bits per heavy atom. The summed E-state index contributed by atoms with van der Waals surface area (Å²) in [6.07, 6.45) is 1.78. The highest BCUT2D eigenvalue weighted by Gasteiger charge is 2.11. The van der Waals surface area contributed by atoms with Gasteiger partial charge in [0.25, 0.3) is 0 Å². The molecular weight excluding hydrogens is 264 g/mol. The van der Waals surface area contributed by atoms with Gasteiger partial charge in [-0.2, -0.15) is 4.98 Å². The Kier molecular flexibility index (Phi) is 3.75. The van der Waals surface area contributed by atoms with E-state index in [1.54, 1.807) is 6.08 Å². The summed E-state index contributed by atoms with van der Waals surface area (Å²) in [4.78, 5) is 8.96. The van der Waals surface area contributed by atoms with Crippen molar-refractivity contribution in [3.63, 3.8) is 0 Å². The lowest BCUT2D eigenvalue weighted by molar-refractivity contribution is 0.370. The van der Waals surface area contributed by atoms with Crippen molar-refractivity contribution in [3.05, 3.63) is 54.4 Å². The minimum atomic E-state index is 0.513. The summed E-state index contributed by atoms with van der Waals surface area (Å²) in [6.45, 7) is 6.92. The molecule has 0 unspecified atom stereocenters. The lowest BCUT2D eigenvalue weighted by Crippen LogP contribution is -2.12. The quantitative estimate of drug-likeness (QED) is 0.575. The highest BCUT2D eigenvalue weighted by molar-refractivity contribution is 5.84. The van der Waals surface area contributed by atoms with E-state index in [1.807, 2.05) is 24.3 Å². The van der Waals surface area contributed by atoms with E-state index in [2.05, 4.69) is 40.0 Å². The largest absolute Gasteiger partial charge is 0.337 e.